The van der Waals surface area contributed by atoms with Crippen LogP contribution in [0.4, 0.5) is 0 Å². The van der Waals surface area contributed by atoms with Gasteiger partial charge in [-0.25, -0.2) is 0 Å². The summed E-state index contributed by atoms with van der Waals surface area (Å²) >= 11 is 7.47. The second kappa shape index (κ2) is 10.4. The molecule has 19 heavy (non-hydrogen) atoms. The highest BCUT2D eigenvalue weighted by Crippen LogP contribution is 2.26. The number of rotatable bonds is 7. The Morgan fingerprint density at radius 2 is 2.11 bits per heavy atom. The molecular formula is C13H20Cl2N2OS. The third kappa shape index (κ3) is 7.67. The minimum atomic E-state index is 0. The smallest absolute Gasteiger partial charge is 0.230 e. The molecule has 0 heterocycles. The van der Waals surface area contributed by atoms with Gasteiger partial charge in [-0.2, -0.15) is 0 Å². The number of hydrogen-bond donors (Lipinski definition) is 2. The molecule has 2 N–H and O–H groups in total. The quantitative estimate of drug-likeness (QED) is 0.758. The lowest BCUT2D eigenvalue weighted by Crippen LogP contribution is -2.39. The fourth-order valence-corrected chi connectivity index (χ4v) is 2.51. The van der Waals surface area contributed by atoms with Gasteiger partial charge in [0.2, 0.25) is 5.91 Å². The van der Waals surface area contributed by atoms with Gasteiger partial charge < -0.3 is 10.6 Å². The lowest BCUT2D eigenvalue weighted by atomic mass is 10.3. The summed E-state index contributed by atoms with van der Waals surface area (Å²) in [4.78, 5) is 12.6. The SMILES string of the molecule is CCN[C@H](C)CNC(=O)CSc1ccccc1Cl.Cl. The van der Waals surface area contributed by atoms with Crippen LogP contribution in [0.25, 0.3) is 0 Å². The molecule has 1 amide bonds. The Morgan fingerprint density at radius 3 is 2.74 bits per heavy atom. The third-order valence-electron chi connectivity index (χ3n) is 2.35. The number of halogens is 2. The molecule has 0 bridgehead atoms. The molecule has 0 aliphatic heterocycles. The summed E-state index contributed by atoms with van der Waals surface area (Å²) in [7, 11) is 0. The zero-order valence-corrected chi connectivity index (χ0v) is 13.5. The number of benzene rings is 1. The third-order valence-corrected chi connectivity index (χ3v) is 3.87. The van der Waals surface area contributed by atoms with Crippen LogP contribution in [0.3, 0.4) is 0 Å². The molecule has 0 aromatic heterocycles. The zero-order chi connectivity index (χ0) is 13.4. The van der Waals surface area contributed by atoms with Gasteiger partial charge in [0, 0.05) is 17.5 Å². The van der Waals surface area contributed by atoms with Crippen LogP contribution in [0, 0.1) is 0 Å². The van der Waals surface area contributed by atoms with Gasteiger partial charge in [-0.05, 0) is 25.6 Å². The van der Waals surface area contributed by atoms with E-state index in [1.165, 1.54) is 11.8 Å². The van der Waals surface area contributed by atoms with Crippen LogP contribution in [0.2, 0.25) is 5.02 Å². The van der Waals surface area contributed by atoms with E-state index in [1.807, 2.05) is 38.1 Å². The first-order chi connectivity index (χ1) is 8.63. The van der Waals surface area contributed by atoms with E-state index in [0.29, 0.717) is 23.4 Å². The molecule has 0 spiro atoms. The monoisotopic (exact) mass is 322 g/mol. The van der Waals surface area contributed by atoms with Gasteiger partial charge >= 0.3 is 0 Å². The minimum Gasteiger partial charge on any atom is -0.354 e. The van der Waals surface area contributed by atoms with E-state index in [2.05, 4.69) is 10.6 Å². The number of hydrogen-bond acceptors (Lipinski definition) is 3. The van der Waals surface area contributed by atoms with E-state index < -0.39 is 0 Å². The van der Waals surface area contributed by atoms with Crippen molar-refractivity contribution in [2.75, 3.05) is 18.8 Å². The van der Waals surface area contributed by atoms with Crippen LogP contribution in [0.1, 0.15) is 13.8 Å². The summed E-state index contributed by atoms with van der Waals surface area (Å²) < 4.78 is 0. The molecule has 0 aliphatic rings. The molecule has 0 unspecified atom stereocenters. The molecule has 1 aromatic carbocycles. The number of thioether (sulfide) groups is 1. The normalized spacial score (nSPS) is 11.5. The van der Waals surface area contributed by atoms with E-state index in [-0.39, 0.29) is 18.3 Å². The second-order valence-corrected chi connectivity index (χ2v) is 5.41. The molecule has 0 saturated carbocycles. The van der Waals surface area contributed by atoms with Crippen molar-refractivity contribution in [2.24, 2.45) is 0 Å². The van der Waals surface area contributed by atoms with Crippen LogP contribution in [-0.2, 0) is 4.79 Å². The standard InChI is InChI=1S/C13H19ClN2OS.ClH/c1-3-15-10(2)8-16-13(17)9-18-12-7-5-4-6-11(12)14;/h4-7,10,15H,3,8-9H2,1-2H3,(H,16,17);1H/t10-;/m1./s1. The van der Waals surface area contributed by atoms with E-state index in [4.69, 9.17) is 11.6 Å². The van der Waals surface area contributed by atoms with Gasteiger partial charge in [0.05, 0.1) is 10.8 Å². The minimum absolute atomic E-state index is 0. The predicted octanol–water partition coefficient (Wildman–Crippen LogP) is 2.97. The van der Waals surface area contributed by atoms with E-state index >= 15 is 0 Å². The summed E-state index contributed by atoms with van der Waals surface area (Å²) in [6.45, 7) is 5.65. The van der Waals surface area contributed by atoms with Gasteiger partial charge in [0.15, 0.2) is 0 Å². The Balaban J connectivity index is 0.00000324. The molecule has 1 atom stereocenters. The Morgan fingerprint density at radius 1 is 1.42 bits per heavy atom. The summed E-state index contributed by atoms with van der Waals surface area (Å²) in [5, 5.41) is 6.82. The highest BCUT2D eigenvalue weighted by Gasteiger charge is 2.06. The molecule has 6 heteroatoms. The van der Waals surface area contributed by atoms with E-state index in [0.717, 1.165) is 11.4 Å². The van der Waals surface area contributed by atoms with Gasteiger partial charge in [-0.15, -0.1) is 24.2 Å². The first-order valence-electron chi connectivity index (χ1n) is 6.01. The molecule has 0 radical (unpaired) electrons. The van der Waals surface area contributed by atoms with Crippen molar-refractivity contribution in [1.82, 2.24) is 10.6 Å². The van der Waals surface area contributed by atoms with Gasteiger partial charge in [-0.1, -0.05) is 30.7 Å². The molecule has 0 aliphatic carbocycles. The van der Waals surface area contributed by atoms with Crippen LogP contribution >= 0.6 is 35.8 Å². The maximum absolute atomic E-state index is 11.6. The van der Waals surface area contributed by atoms with Gasteiger partial charge in [0.25, 0.3) is 0 Å². The first kappa shape index (κ1) is 18.6. The maximum atomic E-state index is 11.6. The van der Waals surface area contributed by atoms with E-state index in [9.17, 15) is 4.79 Å². The van der Waals surface area contributed by atoms with E-state index in [1.54, 1.807) is 0 Å². The average molecular weight is 323 g/mol. The van der Waals surface area contributed by atoms with Crippen molar-refractivity contribution < 1.29 is 4.79 Å². The fourth-order valence-electron chi connectivity index (χ4n) is 1.44. The predicted molar refractivity (Wildman–Crippen MR) is 85.6 cm³/mol. The lowest BCUT2D eigenvalue weighted by molar-refractivity contribution is -0.118. The Labute approximate surface area is 130 Å². The molecule has 0 fully saturated rings. The number of amides is 1. The van der Waals surface area contributed by atoms with Gasteiger partial charge in [-0.3, -0.25) is 4.79 Å². The Kier molecular flexibility index (Phi) is 10.1. The number of likely N-dealkylation sites (N-methyl/N-ethyl adjacent to an activating group) is 1. The van der Waals surface area contributed by atoms with Gasteiger partial charge in [0.1, 0.15) is 0 Å². The maximum Gasteiger partial charge on any atom is 0.230 e. The van der Waals surface area contributed by atoms with Crippen molar-refractivity contribution in [2.45, 2.75) is 24.8 Å². The summed E-state index contributed by atoms with van der Waals surface area (Å²) in [6.07, 6.45) is 0. The van der Waals surface area contributed by atoms with Crippen LogP contribution < -0.4 is 10.6 Å². The van der Waals surface area contributed by atoms with Crippen molar-refractivity contribution in [3.63, 3.8) is 0 Å². The van der Waals surface area contributed by atoms with Crippen molar-refractivity contribution in [1.29, 1.82) is 0 Å². The zero-order valence-electron chi connectivity index (χ0n) is 11.1. The molecule has 1 aromatic rings. The number of nitrogens with one attached hydrogen (secondary N) is 2. The Bertz CT molecular complexity index is 391. The summed E-state index contributed by atoms with van der Waals surface area (Å²) in [6, 6.07) is 7.84. The fraction of sp³-hybridized carbons (Fsp3) is 0.462. The highest BCUT2D eigenvalue weighted by molar-refractivity contribution is 8.00. The molecule has 0 saturated heterocycles. The van der Waals surface area contributed by atoms with Crippen molar-refractivity contribution in [3.8, 4) is 0 Å². The second-order valence-electron chi connectivity index (χ2n) is 3.98. The van der Waals surface area contributed by atoms with Crippen LogP contribution in [0.5, 0.6) is 0 Å². The molecular weight excluding hydrogens is 303 g/mol. The largest absolute Gasteiger partial charge is 0.354 e. The lowest BCUT2D eigenvalue weighted by Gasteiger charge is -2.13. The molecule has 3 nitrogen and oxygen atoms in total. The first-order valence-corrected chi connectivity index (χ1v) is 7.37. The van der Waals surface area contributed by atoms with Crippen molar-refractivity contribution >= 4 is 41.7 Å². The van der Waals surface area contributed by atoms with Crippen LogP contribution in [-0.4, -0.2) is 30.8 Å². The number of carbonyl (C=O) groups is 1. The Hall–Kier alpha value is -0.420. The number of carbonyl (C=O) groups excluding carboxylic acids is 1. The van der Waals surface area contributed by atoms with Crippen LogP contribution in [0.15, 0.2) is 29.2 Å². The molecule has 108 valence electrons. The average Bonchev–Trinajstić information content (AvgIpc) is 2.36. The topological polar surface area (TPSA) is 41.1 Å². The highest BCUT2D eigenvalue weighted by atomic mass is 35.5. The van der Waals surface area contributed by atoms with Crippen molar-refractivity contribution in [3.05, 3.63) is 29.3 Å². The summed E-state index contributed by atoms with van der Waals surface area (Å²) in [5.74, 6) is 0.424. The summed E-state index contributed by atoms with van der Waals surface area (Å²) in [5.41, 5.74) is 0. The molecule has 1 rings (SSSR count).